The smallest absolute Gasteiger partial charge is 0.250 e. The summed E-state index contributed by atoms with van der Waals surface area (Å²) in [5, 5.41) is 3.12. The summed E-state index contributed by atoms with van der Waals surface area (Å²) in [6.07, 6.45) is 6.56. The average molecular weight is 315 g/mol. The van der Waals surface area contributed by atoms with E-state index in [1.54, 1.807) is 6.20 Å². The summed E-state index contributed by atoms with van der Waals surface area (Å²) in [6.45, 7) is 4.35. The van der Waals surface area contributed by atoms with Crippen molar-refractivity contribution in [3.8, 4) is 0 Å². The van der Waals surface area contributed by atoms with Gasteiger partial charge < -0.3 is 10.1 Å². The lowest BCUT2D eigenvalue weighted by Crippen LogP contribution is -2.34. The van der Waals surface area contributed by atoms with E-state index >= 15 is 0 Å². The summed E-state index contributed by atoms with van der Waals surface area (Å²) in [4.78, 5) is 19.0. The fourth-order valence-corrected chi connectivity index (χ4v) is 3.66. The van der Waals surface area contributed by atoms with E-state index in [1.165, 1.54) is 5.56 Å². The number of ether oxygens (including phenoxy) is 1. The Balaban J connectivity index is 1.64. The molecule has 1 fully saturated rings. The Kier molecular flexibility index (Phi) is 4.96. The number of rotatable bonds is 4. The van der Waals surface area contributed by atoms with Crippen molar-refractivity contribution in [2.24, 2.45) is 5.92 Å². The Hall–Kier alpha value is -1.88. The lowest BCUT2D eigenvalue weighted by atomic mass is 9.94. The first-order valence-corrected chi connectivity index (χ1v) is 8.37. The highest BCUT2D eigenvalue weighted by Gasteiger charge is 2.33. The standard InChI is InChI=1S/C18H25N3O2/c1-13-16(6-4-10-23-13)18(22)20-12-15-7-9-21(2)17(15)14-5-3-8-19-11-14/h3,5,8,11,15,17H,4,6-7,9-10,12H2,1-2H3,(H,20,22)/t15-,17-/m0/s1. The Bertz CT molecular complexity index is 585. The van der Waals surface area contributed by atoms with Crippen LogP contribution >= 0.6 is 0 Å². The van der Waals surface area contributed by atoms with Crippen LogP contribution in [0.25, 0.3) is 0 Å². The number of aromatic nitrogens is 1. The molecule has 0 aromatic carbocycles. The van der Waals surface area contributed by atoms with Gasteiger partial charge in [-0.15, -0.1) is 0 Å². The lowest BCUT2D eigenvalue weighted by Gasteiger charge is -2.26. The zero-order chi connectivity index (χ0) is 16.2. The third kappa shape index (κ3) is 3.55. The summed E-state index contributed by atoms with van der Waals surface area (Å²) < 4.78 is 5.49. The first-order valence-electron chi connectivity index (χ1n) is 8.37. The van der Waals surface area contributed by atoms with E-state index in [0.29, 0.717) is 18.5 Å². The molecule has 0 unspecified atom stereocenters. The Morgan fingerprint density at radius 1 is 1.52 bits per heavy atom. The van der Waals surface area contributed by atoms with Gasteiger partial charge in [-0.2, -0.15) is 0 Å². The second-order valence-electron chi connectivity index (χ2n) is 6.46. The van der Waals surface area contributed by atoms with Gasteiger partial charge in [-0.05, 0) is 57.3 Å². The molecule has 1 aromatic rings. The molecular weight excluding hydrogens is 290 g/mol. The van der Waals surface area contributed by atoms with Crippen LogP contribution in [0.3, 0.4) is 0 Å². The number of nitrogens with one attached hydrogen (secondary N) is 1. The number of carbonyl (C=O) groups excluding carboxylic acids is 1. The molecule has 1 saturated heterocycles. The Morgan fingerprint density at radius 2 is 2.39 bits per heavy atom. The topological polar surface area (TPSA) is 54.5 Å². The van der Waals surface area contributed by atoms with E-state index in [1.807, 2.05) is 19.2 Å². The fourth-order valence-electron chi connectivity index (χ4n) is 3.66. The predicted molar refractivity (Wildman–Crippen MR) is 88.6 cm³/mol. The van der Waals surface area contributed by atoms with Crippen LogP contribution in [0.2, 0.25) is 0 Å². The maximum Gasteiger partial charge on any atom is 0.250 e. The van der Waals surface area contributed by atoms with Crippen molar-refractivity contribution in [1.29, 1.82) is 0 Å². The number of likely N-dealkylation sites (tertiary alicyclic amines) is 1. The van der Waals surface area contributed by atoms with Crippen molar-refractivity contribution >= 4 is 5.91 Å². The first kappa shape index (κ1) is 16.0. The maximum atomic E-state index is 12.4. The molecule has 3 heterocycles. The van der Waals surface area contributed by atoms with Crippen molar-refractivity contribution in [3.05, 3.63) is 41.4 Å². The number of hydrogen-bond acceptors (Lipinski definition) is 4. The van der Waals surface area contributed by atoms with E-state index in [-0.39, 0.29) is 5.91 Å². The normalized spacial score (nSPS) is 25.3. The SMILES string of the molecule is CC1=C(C(=O)NC[C@@H]2CCN(C)[C@H]2c2cccnc2)CCCO1. The van der Waals surface area contributed by atoms with Crippen LogP contribution in [0.5, 0.6) is 0 Å². The molecule has 0 radical (unpaired) electrons. The van der Waals surface area contributed by atoms with Gasteiger partial charge in [-0.25, -0.2) is 0 Å². The molecule has 2 atom stereocenters. The van der Waals surface area contributed by atoms with Gasteiger partial charge in [0.25, 0.3) is 5.91 Å². The molecule has 1 aromatic heterocycles. The van der Waals surface area contributed by atoms with E-state index < -0.39 is 0 Å². The fraction of sp³-hybridized carbons (Fsp3) is 0.556. The highest BCUT2D eigenvalue weighted by molar-refractivity contribution is 5.93. The molecule has 23 heavy (non-hydrogen) atoms. The van der Waals surface area contributed by atoms with Crippen LogP contribution in [0.4, 0.5) is 0 Å². The van der Waals surface area contributed by atoms with Gasteiger partial charge in [-0.3, -0.25) is 14.7 Å². The van der Waals surface area contributed by atoms with E-state index in [4.69, 9.17) is 4.74 Å². The maximum absolute atomic E-state index is 12.4. The van der Waals surface area contributed by atoms with Crippen molar-refractivity contribution in [3.63, 3.8) is 0 Å². The number of amides is 1. The molecule has 0 saturated carbocycles. The molecule has 5 nitrogen and oxygen atoms in total. The predicted octanol–water partition coefficient (Wildman–Crippen LogP) is 2.28. The molecule has 1 N–H and O–H groups in total. The van der Waals surface area contributed by atoms with Crippen LogP contribution < -0.4 is 5.32 Å². The summed E-state index contributed by atoms with van der Waals surface area (Å²) in [6, 6.07) is 4.42. The van der Waals surface area contributed by atoms with Crippen LogP contribution in [0, 0.1) is 5.92 Å². The quantitative estimate of drug-likeness (QED) is 0.926. The van der Waals surface area contributed by atoms with Crippen LogP contribution in [0.1, 0.15) is 37.8 Å². The van der Waals surface area contributed by atoms with Crippen LogP contribution in [-0.4, -0.2) is 42.5 Å². The minimum Gasteiger partial charge on any atom is -0.498 e. The zero-order valence-corrected chi connectivity index (χ0v) is 13.9. The minimum absolute atomic E-state index is 0.0293. The van der Waals surface area contributed by atoms with Crippen molar-refractivity contribution < 1.29 is 9.53 Å². The van der Waals surface area contributed by atoms with Crippen LogP contribution in [0.15, 0.2) is 35.9 Å². The van der Waals surface area contributed by atoms with Gasteiger partial charge in [0.2, 0.25) is 0 Å². The second kappa shape index (κ2) is 7.13. The second-order valence-corrected chi connectivity index (χ2v) is 6.46. The van der Waals surface area contributed by atoms with Crippen molar-refractivity contribution in [2.45, 2.75) is 32.2 Å². The number of nitrogens with zero attached hydrogens (tertiary/aromatic N) is 2. The van der Waals surface area contributed by atoms with Crippen molar-refractivity contribution in [2.75, 3.05) is 26.7 Å². The van der Waals surface area contributed by atoms with Crippen molar-refractivity contribution in [1.82, 2.24) is 15.2 Å². The molecule has 0 bridgehead atoms. The number of carbonyl (C=O) groups is 1. The zero-order valence-electron chi connectivity index (χ0n) is 13.9. The Morgan fingerprint density at radius 3 is 3.13 bits per heavy atom. The third-order valence-electron chi connectivity index (χ3n) is 4.91. The molecule has 0 aliphatic carbocycles. The van der Waals surface area contributed by atoms with E-state index in [9.17, 15) is 4.79 Å². The monoisotopic (exact) mass is 315 g/mol. The molecule has 2 aliphatic rings. The highest BCUT2D eigenvalue weighted by Crippen LogP contribution is 2.35. The molecule has 0 spiro atoms. The largest absolute Gasteiger partial charge is 0.498 e. The average Bonchev–Trinajstić information content (AvgIpc) is 2.94. The van der Waals surface area contributed by atoms with Gasteiger partial charge in [0.1, 0.15) is 5.76 Å². The molecule has 124 valence electrons. The van der Waals surface area contributed by atoms with Gasteiger partial charge in [0, 0.05) is 25.0 Å². The first-order chi connectivity index (χ1) is 11.2. The summed E-state index contributed by atoms with van der Waals surface area (Å²) in [5.74, 6) is 1.22. The number of hydrogen-bond donors (Lipinski definition) is 1. The van der Waals surface area contributed by atoms with Gasteiger partial charge >= 0.3 is 0 Å². The molecular formula is C18H25N3O2. The van der Waals surface area contributed by atoms with Gasteiger partial charge in [0.05, 0.1) is 12.2 Å². The van der Waals surface area contributed by atoms with E-state index in [0.717, 1.165) is 43.7 Å². The summed E-state index contributed by atoms with van der Waals surface area (Å²) in [5.41, 5.74) is 2.03. The summed E-state index contributed by atoms with van der Waals surface area (Å²) >= 11 is 0. The summed E-state index contributed by atoms with van der Waals surface area (Å²) in [7, 11) is 2.14. The highest BCUT2D eigenvalue weighted by atomic mass is 16.5. The number of allylic oxidation sites excluding steroid dienone is 1. The third-order valence-corrected chi connectivity index (χ3v) is 4.91. The van der Waals surface area contributed by atoms with E-state index in [2.05, 4.69) is 28.3 Å². The lowest BCUT2D eigenvalue weighted by molar-refractivity contribution is -0.118. The van der Waals surface area contributed by atoms with Gasteiger partial charge in [0.15, 0.2) is 0 Å². The number of pyridine rings is 1. The van der Waals surface area contributed by atoms with Crippen LogP contribution in [-0.2, 0) is 9.53 Å². The molecule has 5 heteroatoms. The van der Waals surface area contributed by atoms with Gasteiger partial charge in [-0.1, -0.05) is 6.07 Å². The molecule has 1 amide bonds. The Labute approximate surface area is 137 Å². The molecule has 2 aliphatic heterocycles. The molecule has 3 rings (SSSR count). The minimum atomic E-state index is 0.0293.